The number of halogens is 1. The topological polar surface area (TPSA) is 158 Å². The molecule has 0 saturated carbocycles. The van der Waals surface area contributed by atoms with Crippen LogP contribution in [0.1, 0.15) is 23.6 Å². The molecule has 0 aliphatic carbocycles. The third-order valence-corrected chi connectivity index (χ3v) is 4.23. The Hall–Kier alpha value is -3.31. The van der Waals surface area contributed by atoms with Gasteiger partial charge in [-0.15, -0.1) is 17.0 Å². The van der Waals surface area contributed by atoms with Crippen LogP contribution in [0.2, 0.25) is 0 Å². The molecule has 0 aliphatic heterocycles. The van der Waals surface area contributed by atoms with E-state index in [-0.39, 0.29) is 46.7 Å². The summed E-state index contributed by atoms with van der Waals surface area (Å²) in [6, 6.07) is 10.8. The van der Waals surface area contributed by atoms with Crippen LogP contribution in [-0.2, 0) is 11.3 Å². The fourth-order valence-electron chi connectivity index (χ4n) is 2.93. The molecule has 0 spiro atoms. The zero-order valence-electron chi connectivity index (χ0n) is 14.9. The van der Waals surface area contributed by atoms with Crippen LogP contribution in [0.3, 0.4) is 0 Å². The summed E-state index contributed by atoms with van der Waals surface area (Å²) in [5, 5.41) is 23.4. The lowest BCUT2D eigenvalue weighted by molar-refractivity contribution is -0.384. The Morgan fingerprint density at radius 1 is 1.14 bits per heavy atom. The van der Waals surface area contributed by atoms with Crippen molar-refractivity contribution in [2.45, 2.75) is 19.0 Å². The minimum atomic E-state index is -1.01. The summed E-state index contributed by atoms with van der Waals surface area (Å²) in [6.07, 6.45) is -0.204. The Morgan fingerprint density at radius 2 is 1.79 bits per heavy atom. The molecule has 1 unspecified atom stereocenters. The number of carboxylic acid groups (broad SMARTS) is 1. The van der Waals surface area contributed by atoms with E-state index in [2.05, 4.69) is 15.3 Å². The van der Waals surface area contributed by atoms with Gasteiger partial charge in [0.2, 0.25) is 0 Å². The summed E-state index contributed by atoms with van der Waals surface area (Å²) < 4.78 is 0. The summed E-state index contributed by atoms with van der Waals surface area (Å²) in [4.78, 5) is 49.8. The number of fused-ring (bicyclic) bond motifs is 1. The van der Waals surface area contributed by atoms with Crippen LogP contribution in [0.25, 0.3) is 11.0 Å². The molecule has 1 aromatic heterocycles. The quantitative estimate of drug-likeness (QED) is 0.236. The maximum Gasteiger partial charge on any atom is 0.314 e. The average Bonchev–Trinajstić information content (AvgIpc) is 2.66. The van der Waals surface area contributed by atoms with Gasteiger partial charge in [-0.2, -0.15) is 0 Å². The number of non-ortho nitro benzene ring substituents is 1. The molecular formula is C18H17BrN4O6. The fourth-order valence-corrected chi connectivity index (χ4v) is 2.93. The van der Waals surface area contributed by atoms with E-state index in [0.29, 0.717) is 5.56 Å². The number of benzene rings is 2. The van der Waals surface area contributed by atoms with Crippen molar-refractivity contribution < 1.29 is 14.8 Å². The number of nitrogens with zero attached hydrogens (tertiary/aromatic N) is 1. The predicted molar refractivity (Wildman–Crippen MR) is 110 cm³/mol. The van der Waals surface area contributed by atoms with Crippen molar-refractivity contribution >= 4 is 39.7 Å². The van der Waals surface area contributed by atoms with Gasteiger partial charge in [0.05, 0.1) is 22.4 Å². The number of carboxylic acids is 1. The molecule has 1 heterocycles. The first kappa shape index (κ1) is 22.0. The maximum atomic E-state index is 11.7. The molecule has 10 nitrogen and oxygen atoms in total. The molecule has 152 valence electrons. The molecule has 29 heavy (non-hydrogen) atoms. The number of aliphatic carboxylic acids is 1. The second-order valence-corrected chi connectivity index (χ2v) is 6.13. The summed E-state index contributed by atoms with van der Waals surface area (Å²) >= 11 is 0. The van der Waals surface area contributed by atoms with E-state index >= 15 is 0 Å². The second kappa shape index (κ2) is 9.26. The SMILES string of the molecule is Br.O=C(O)CC(NCc1cc([N+](=O)[O-])cc2[nH]c(=O)c(=O)[nH]c12)c1ccccc1. The van der Waals surface area contributed by atoms with E-state index in [1.807, 2.05) is 0 Å². The van der Waals surface area contributed by atoms with Gasteiger partial charge in [-0.3, -0.25) is 24.5 Å². The highest BCUT2D eigenvalue weighted by atomic mass is 79.9. The Kier molecular flexibility index (Phi) is 7.02. The highest BCUT2D eigenvalue weighted by Gasteiger charge is 2.18. The van der Waals surface area contributed by atoms with Crippen LogP contribution in [0.4, 0.5) is 5.69 Å². The molecule has 2 aromatic carbocycles. The van der Waals surface area contributed by atoms with Gasteiger partial charge in [0.1, 0.15) is 0 Å². The van der Waals surface area contributed by atoms with Crippen LogP contribution in [0, 0.1) is 10.1 Å². The zero-order chi connectivity index (χ0) is 20.3. The minimum absolute atomic E-state index is 0. The summed E-state index contributed by atoms with van der Waals surface area (Å²) in [5.74, 6) is -1.01. The first-order chi connectivity index (χ1) is 13.3. The van der Waals surface area contributed by atoms with Gasteiger partial charge in [0, 0.05) is 24.7 Å². The summed E-state index contributed by atoms with van der Waals surface area (Å²) in [7, 11) is 0. The number of hydrogen-bond donors (Lipinski definition) is 4. The van der Waals surface area contributed by atoms with Crippen molar-refractivity contribution in [3.05, 3.63) is 84.4 Å². The first-order valence-electron chi connectivity index (χ1n) is 8.29. The fraction of sp³-hybridized carbons (Fsp3) is 0.167. The van der Waals surface area contributed by atoms with Crippen molar-refractivity contribution in [3.63, 3.8) is 0 Å². The van der Waals surface area contributed by atoms with Crippen molar-refractivity contribution in [2.75, 3.05) is 0 Å². The third kappa shape index (κ3) is 5.15. The second-order valence-electron chi connectivity index (χ2n) is 6.13. The third-order valence-electron chi connectivity index (χ3n) is 4.23. The van der Waals surface area contributed by atoms with E-state index in [0.717, 1.165) is 11.6 Å². The lowest BCUT2D eigenvalue weighted by Crippen LogP contribution is -2.30. The van der Waals surface area contributed by atoms with Gasteiger partial charge in [-0.25, -0.2) is 0 Å². The molecule has 0 bridgehead atoms. The number of aromatic nitrogens is 2. The van der Waals surface area contributed by atoms with E-state index in [9.17, 15) is 29.6 Å². The molecule has 3 aromatic rings. The van der Waals surface area contributed by atoms with Crippen LogP contribution < -0.4 is 16.4 Å². The Balaban J connectivity index is 0.00000300. The van der Waals surface area contributed by atoms with Gasteiger partial charge >= 0.3 is 17.1 Å². The maximum absolute atomic E-state index is 11.7. The molecule has 1 atom stereocenters. The predicted octanol–water partition coefficient (Wildman–Crippen LogP) is 2.01. The minimum Gasteiger partial charge on any atom is -0.481 e. The molecular weight excluding hydrogens is 448 g/mol. The number of nitro groups is 1. The number of aromatic amines is 2. The van der Waals surface area contributed by atoms with E-state index in [4.69, 9.17) is 0 Å². The van der Waals surface area contributed by atoms with Gasteiger partial charge in [0.25, 0.3) is 5.69 Å². The Labute approximate surface area is 173 Å². The largest absolute Gasteiger partial charge is 0.481 e. The molecule has 4 N–H and O–H groups in total. The van der Waals surface area contributed by atoms with E-state index < -0.39 is 28.1 Å². The smallest absolute Gasteiger partial charge is 0.314 e. The van der Waals surface area contributed by atoms with Crippen LogP contribution in [-0.4, -0.2) is 26.0 Å². The standard InChI is InChI=1S/C18H16N4O6.BrH/c23-15(24)8-13(10-4-2-1-3-5-10)19-9-11-6-12(22(27)28)7-14-16(11)21-18(26)17(25)20-14;/h1-7,13,19H,8-9H2,(H,20,25)(H,21,26)(H,23,24);1H. The van der Waals surface area contributed by atoms with E-state index in [1.165, 1.54) is 6.07 Å². The Bertz CT molecular complexity index is 1160. The lowest BCUT2D eigenvalue weighted by Gasteiger charge is -2.18. The molecule has 0 saturated heterocycles. The van der Waals surface area contributed by atoms with E-state index in [1.54, 1.807) is 30.3 Å². The highest BCUT2D eigenvalue weighted by molar-refractivity contribution is 8.93. The number of rotatable bonds is 7. The van der Waals surface area contributed by atoms with Crippen molar-refractivity contribution in [1.82, 2.24) is 15.3 Å². The first-order valence-corrected chi connectivity index (χ1v) is 8.29. The van der Waals surface area contributed by atoms with Crippen LogP contribution in [0.15, 0.2) is 52.1 Å². The molecule has 0 fully saturated rings. The number of nitro benzene ring substituents is 1. The molecule has 0 radical (unpaired) electrons. The zero-order valence-corrected chi connectivity index (χ0v) is 16.6. The summed E-state index contributed by atoms with van der Waals surface area (Å²) in [5.41, 5.74) is -0.616. The molecule has 0 amide bonds. The Morgan fingerprint density at radius 3 is 2.41 bits per heavy atom. The number of hydrogen-bond acceptors (Lipinski definition) is 6. The lowest BCUT2D eigenvalue weighted by atomic mass is 10.0. The van der Waals surface area contributed by atoms with Gasteiger partial charge in [0.15, 0.2) is 0 Å². The number of nitrogens with one attached hydrogen (secondary N) is 3. The van der Waals surface area contributed by atoms with Gasteiger partial charge in [-0.1, -0.05) is 30.3 Å². The highest BCUT2D eigenvalue weighted by Crippen LogP contribution is 2.23. The molecule has 0 aliphatic rings. The average molecular weight is 465 g/mol. The monoisotopic (exact) mass is 464 g/mol. The van der Waals surface area contributed by atoms with Crippen molar-refractivity contribution in [2.24, 2.45) is 0 Å². The van der Waals surface area contributed by atoms with Crippen molar-refractivity contribution in [3.8, 4) is 0 Å². The van der Waals surface area contributed by atoms with Gasteiger partial charge < -0.3 is 20.4 Å². The molecule has 11 heteroatoms. The van der Waals surface area contributed by atoms with Crippen LogP contribution >= 0.6 is 17.0 Å². The molecule has 3 rings (SSSR count). The number of H-pyrrole nitrogens is 2. The van der Waals surface area contributed by atoms with Crippen LogP contribution in [0.5, 0.6) is 0 Å². The summed E-state index contributed by atoms with van der Waals surface area (Å²) in [6.45, 7) is 0.0347. The van der Waals surface area contributed by atoms with Gasteiger partial charge in [-0.05, 0) is 11.1 Å². The number of carbonyl (C=O) groups is 1. The normalized spacial score (nSPS) is 11.6. The van der Waals surface area contributed by atoms with Crippen molar-refractivity contribution in [1.29, 1.82) is 0 Å².